The molecule has 0 saturated carbocycles. The van der Waals surface area contributed by atoms with Crippen molar-refractivity contribution in [3.8, 4) is 0 Å². The van der Waals surface area contributed by atoms with Gasteiger partial charge in [-0.25, -0.2) is 0 Å². The summed E-state index contributed by atoms with van der Waals surface area (Å²) < 4.78 is 0. The van der Waals surface area contributed by atoms with E-state index < -0.39 is 0 Å². The Bertz CT molecular complexity index is 116. The van der Waals surface area contributed by atoms with Gasteiger partial charge in [-0.05, 0) is 27.1 Å². The van der Waals surface area contributed by atoms with E-state index in [0.717, 1.165) is 19.1 Å². The zero-order chi connectivity index (χ0) is 8.27. The maximum absolute atomic E-state index is 5.44. The maximum atomic E-state index is 5.44. The molecule has 1 atom stereocenters. The Labute approximate surface area is 69.1 Å². The van der Waals surface area contributed by atoms with Crippen molar-refractivity contribution in [1.29, 1.82) is 0 Å². The van der Waals surface area contributed by atoms with Crippen LogP contribution < -0.4 is 5.73 Å². The molecule has 3 nitrogen and oxygen atoms in total. The second-order valence-corrected chi connectivity index (χ2v) is 3.47. The Hall–Kier alpha value is -0.120. The summed E-state index contributed by atoms with van der Waals surface area (Å²) in [5.74, 6) is 0. The van der Waals surface area contributed by atoms with Crippen LogP contribution in [0, 0.1) is 0 Å². The molecule has 0 aromatic rings. The van der Waals surface area contributed by atoms with Gasteiger partial charge in [0, 0.05) is 25.7 Å². The van der Waals surface area contributed by atoms with Crippen LogP contribution in [-0.4, -0.2) is 56.1 Å². The van der Waals surface area contributed by atoms with Crippen molar-refractivity contribution in [2.45, 2.75) is 12.5 Å². The van der Waals surface area contributed by atoms with Gasteiger partial charge in [0.25, 0.3) is 0 Å². The van der Waals surface area contributed by atoms with Crippen molar-refractivity contribution in [1.82, 2.24) is 9.80 Å². The molecule has 0 aliphatic carbocycles. The standard InChI is InChI=1S/C8H19N3/c1-10(6-4-9)7-8-3-5-11(8)2/h8H,3-7,9H2,1-2H3. The molecule has 2 N–H and O–H groups in total. The van der Waals surface area contributed by atoms with E-state index in [1.807, 2.05) is 0 Å². The zero-order valence-corrected chi connectivity index (χ0v) is 7.58. The van der Waals surface area contributed by atoms with Gasteiger partial charge in [0.1, 0.15) is 0 Å². The molecule has 1 aliphatic heterocycles. The largest absolute Gasteiger partial charge is 0.329 e. The van der Waals surface area contributed by atoms with Crippen LogP contribution in [0.2, 0.25) is 0 Å². The van der Waals surface area contributed by atoms with E-state index >= 15 is 0 Å². The van der Waals surface area contributed by atoms with Crippen LogP contribution in [0.25, 0.3) is 0 Å². The van der Waals surface area contributed by atoms with Crippen molar-refractivity contribution >= 4 is 0 Å². The summed E-state index contributed by atoms with van der Waals surface area (Å²) in [7, 11) is 4.32. The van der Waals surface area contributed by atoms with Gasteiger partial charge < -0.3 is 15.5 Å². The highest BCUT2D eigenvalue weighted by molar-refractivity contribution is 4.81. The third-order valence-corrected chi connectivity index (χ3v) is 2.47. The molecule has 3 heteroatoms. The highest BCUT2D eigenvalue weighted by atomic mass is 15.2. The Morgan fingerprint density at radius 2 is 2.36 bits per heavy atom. The molecule has 66 valence electrons. The number of likely N-dealkylation sites (tertiary alicyclic amines) is 1. The maximum Gasteiger partial charge on any atom is 0.0232 e. The van der Waals surface area contributed by atoms with E-state index in [9.17, 15) is 0 Å². The lowest BCUT2D eigenvalue weighted by Gasteiger charge is -2.40. The smallest absolute Gasteiger partial charge is 0.0232 e. The van der Waals surface area contributed by atoms with E-state index in [1.54, 1.807) is 0 Å². The highest BCUT2D eigenvalue weighted by Gasteiger charge is 2.24. The first-order chi connectivity index (χ1) is 5.24. The van der Waals surface area contributed by atoms with Gasteiger partial charge in [-0.2, -0.15) is 0 Å². The number of hydrogen-bond acceptors (Lipinski definition) is 3. The van der Waals surface area contributed by atoms with E-state index in [2.05, 4.69) is 23.9 Å². The van der Waals surface area contributed by atoms with E-state index in [-0.39, 0.29) is 0 Å². The van der Waals surface area contributed by atoms with Crippen LogP contribution >= 0.6 is 0 Å². The van der Waals surface area contributed by atoms with E-state index in [0.29, 0.717) is 0 Å². The Morgan fingerprint density at radius 1 is 1.64 bits per heavy atom. The van der Waals surface area contributed by atoms with E-state index in [4.69, 9.17) is 5.73 Å². The van der Waals surface area contributed by atoms with Crippen molar-refractivity contribution in [3.63, 3.8) is 0 Å². The SMILES string of the molecule is CN(CCN)CC1CCN1C. The van der Waals surface area contributed by atoms with Crippen molar-refractivity contribution < 1.29 is 0 Å². The van der Waals surface area contributed by atoms with Crippen molar-refractivity contribution in [3.05, 3.63) is 0 Å². The van der Waals surface area contributed by atoms with Gasteiger partial charge in [0.05, 0.1) is 0 Å². The lowest BCUT2D eigenvalue weighted by molar-refractivity contribution is 0.0924. The number of rotatable bonds is 4. The molecule has 11 heavy (non-hydrogen) atoms. The summed E-state index contributed by atoms with van der Waals surface area (Å²) in [5.41, 5.74) is 5.44. The van der Waals surface area contributed by atoms with Gasteiger partial charge in [-0.1, -0.05) is 0 Å². The van der Waals surface area contributed by atoms with Crippen LogP contribution in [0.1, 0.15) is 6.42 Å². The molecule has 0 spiro atoms. The molecule has 1 aliphatic rings. The zero-order valence-electron chi connectivity index (χ0n) is 7.58. The molecule has 0 amide bonds. The summed E-state index contributed by atoms with van der Waals surface area (Å²) in [6.45, 7) is 4.23. The molecule has 0 bridgehead atoms. The molecular formula is C8H19N3. The van der Waals surface area contributed by atoms with Crippen molar-refractivity contribution in [2.24, 2.45) is 5.73 Å². The third-order valence-electron chi connectivity index (χ3n) is 2.47. The lowest BCUT2D eigenvalue weighted by atomic mass is 10.0. The topological polar surface area (TPSA) is 32.5 Å². The minimum Gasteiger partial charge on any atom is -0.329 e. The number of likely N-dealkylation sites (N-methyl/N-ethyl adjacent to an activating group) is 2. The average Bonchev–Trinajstić information content (AvgIpc) is 1.98. The summed E-state index contributed by atoms with van der Waals surface area (Å²) in [4.78, 5) is 4.70. The third kappa shape index (κ3) is 2.43. The second kappa shape index (κ2) is 4.04. The fourth-order valence-electron chi connectivity index (χ4n) is 1.47. The molecule has 1 unspecified atom stereocenters. The molecule has 1 rings (SSSR count). The first-order valence-corrected chi connectivity index (χ1v) is 4.33. The summed E-state index contributed by atoms with van der Waals surface area (Å²) >= 11 is 0. The quantitative estimate of drug-likeness (QED) is 0.601. The van der Waals surface area contributed by atoms with Gasteiger partial charge in [-0.3, -0.25) is 0 Å². The first kappa shape index (κ1) is 8.97. The molecule has 1 heterocycles. The van der Waals surface area contributed by atoms with Gasteiger partial charge >= 0.3 is 0 Å². The second-order valence-electron chi connectivity index (χ2n) is 3.47. The Morgan fingerprint density at radius 3 is 2.73 bits per heavy atom. The molecule has 1 saturated heterocycles. The Kier molecular flexibility index (Phi) is 3.30. The van der Waals surface area contributed by atoms with Gasteiger partial charge in [0.15, 0.2) is 0 Å². The first-order valence-electron chi connectivity index (χ1n) is 4.33. The van der Waals surface area contributed by atoms with Gasteiger partial charge in [0.2, 0.25) is 0 Å². The molecule has 1 fully saturated rings. The minimum absolute atomic E-state index is 0.771. The molecule has 0 radical (unpaired) electrons. The van der Waals surface area contributed by atoms with Crippen LogP contribution in [0.4, 0.5) is 0 Å². The fraction of sp³-hybridized carbons (Fsp3) is 1.00. The molecular weight excluding hydrogens is 138 g/mol. The normalized spacial score (nSPS) is 25.6. The molecule has 0 aromatic heterocycles. The van der Waals surface area contributed by atoms with Crippen LogP contribution in [-0.2, 0) is 0 Å². The summed E-state index contributed by atoms with van der Waals surface area (Å²) in [6.07, 6.45) is 1.35. The van der Waals surface area contributed by atoms with Gasteiger partial charge in [-0.15, -0.1) is 0 Å². The summed E-state index contributed by atoms with van der Waals surface area (Å²) in [5, 5.41) is 0. The monoisotopic (exact) mass is 157 g/mol. The van der Waals surface area contributed by atoms with Crippen molar-refractivity contribution in [2.75, 3.05) is 40.3 Å². The number of nitrogens with two attached hydrogens (primary N) is 1. The minimum atomic E-state index is 0.771. The summed E-state index contributed by atoms with van der Waals surface area (Å²) in [6, 6.07) is 0.784. The number of nitrogens with zero attached hydrogens (tertiary/aromatic N) is 2. The van der Waals surface area contributed by atoms with Crippen LogP contribution in [0.15, 0.2) is 0 Å². The molecule has 0 aromatic carbocycles. The van der Waals surface area contributed by atoms with Crippen LogP contribution in [0.3, 0.4) is 0 Å². The van der Waals surface area contributed by atoms with Crippen LogP contribution in [0.5, 0.6) is 0 Å². The predicted molar refractivity (Wildman–Crippen MR) is 47.6 cm³/mol. The highest BCUT2D eigenvalue weighted by Crippen LogP contribution is 2.14. The average molecular weight is 157 g/mol. The number of hydrogen-bond donors (Lipinski definition) is 1. The fourth-order valence-corrected chi connectivity index (χ4v) is 1.47. The predicted octanol–water partition coefficient (Wildman–Crippen LogP) is -0.419. The lowest BCUT2D eigenvalue weighted by Crippen LogP contribution is -2.51. The van der Waals surface area contributed by atoms with E-state index in [1.165, 1.54) is 19.5 Å². The Balaban J connectivity index is 2.09.